The number of nitrogens with zero attached hydrogens (tertiary/aromatic N) is 1. The summed E-state index contributed by atoms with van der Waals surface area (Å²) in [4.78, 5) is 14.5. The lowest BCUT2D eigenvalue weighted by molar-refractivity contribution is 0.0833. The van der Waals surface area contributed by atoms with Gasteiger partial charge in [0.2, 0.25) is 0 Å². The van der Waals surface area contributed by atoms with Crippen molar-refractivity contribution in [2.75, 3.05) is 31.6 Å². The van der Waals surface area contributed by atoms with Gasteiger partial charge < -0.3 is 9.47 Å². The summed E-state index contributed by atoms with van der Waals surface area (Å²) in [6.45, 7) is 7.97. The molecule has 1 N–H and O–H groups in total. The second kappa shape index (κ2) is 15.1. The zero-order valence-corrected chi connectivity index (χ0v) is 19.2. The van der Waals surface area contributed by atoms with Gasteiger partial charge in [0, 0.05) is 12.2 Å². The van der Waals surface area contributed by atoms with Crippen molar-refractivity contribution in [1.82, 2.24) is 4.90 Å². The third kappa shape index (κ3) is 10.9. The minimum Gasteiger partial charge on any atom is -0.494 e. The molecule has 1 saturated heterocycles. The van der Waals surface area contributed by atoms with Crippen LogP contribution in [0.3, 0.4) is 0 Å². The van der Waals surface area contributed by atoms with Crippen LogP contribution in [-0.4, -0.2) is 43.3 Å². The van der Waals surface area contributed by atoms with Crippen molar-refractivity contribution in [3.63, 3.8) is 0 Å². The number of likely N-dealkylation sites (tertiary alicyclic amines) is 1. The Morgan fingerprint density at radius 1 is 0.967 bits per heavy atom. The Morgan fingerprint density at radius 2 is 1.60 bits per heavy atom. The summed E-state index contributed by atoms with van der Waals surface area (Å²) in [5, 5.41) is 2.81. The molecule has 1 aliphatic heterocycles. The van der Waals surface area contributed by atoms with E-state index in [2.05, 4.69) is 17.1 Å². The van der Waals surface area contributed by atoms with Gasteiger partial charge in [-0.1, -0.05) is 58.3 Å². The first-order valence-corrected chi connectivity index (χ1v) is 12.1. The monoisotopic (exact) mass is 418 g/mol. The average Bonchev–Trinajstić information content (AvgIpc) is 2.74. The Labute approximate surface area is 183 Å². The van der Waals surface area contributed by atoms with Crippen LogP contribution in [0.5, 0.6) is 5.75 Å². The molecule has 0 saturated carbocycles. The molecule has 170 valence electrons. The number of carbonyl (C=O) groups excluding carboxylic acids is 1. The van der Waals surface area contributed by atoms with E-state index in [1.54, 1.807) is 0 Å². The third-order valence-corrected chi connectivity index (χ3v) is 5.64. The van der Waals surface area contributed by atoms with Crippen molar-refractivity contribution in [2.45, 2.75) is 90.6 Å². The predicted octanol–water partition coefficient (Wildman–Crippen LogP) is 6.63. The molecule has 1 aromatic rings. The van der Waals surface area contributed by atoms with Gasteiger partial charge in [0.1, 0.15) is 11.9 Å². The number of nitrogens with one attached hydrogen (secondary N) is 1. The average molecular weight is 419 g/mol. The first kappa shape index (κ1) is 24.5. The highest BCUT2D eigenvalue weighted by Crippen LogP contribution is 2.17. The largest absolute Gasteiger partial charge is 0.494 e. The Morgan fingerprint density at radius 3 is 2.27 bits per heavy atom. The second-order valence-electron chi connectivity index (χ2n) is 8.55. The van der Waals surface area contributed by atoms with Crippen molar-refractivity contribution >= 4 is 11.8 Å². The van der Waals surface area contributed by atoms with Gasteiger partial charge in [-0.2, -0.15) is 0 Å². The smallest absolute Gasteiger partial charge is 0.411 e. The van der Waals surface area contributed by atoms with Gasteiger partial charge in [0.15, 0.2) is 0 Å². The second-order valence-corrected chi connectivity index (χ2v) is 8.55. The summed E-state index contributed by atoms with van der Waals surface area (Å²) in [6.07, 6.45) is 13.7. The molecule has 5 nitrogen and oxygen atoms in total. The highest BCUT2D eigenvalue weighted by atomic mass is 16.6. The van der Waals surface area contributed by atoms with E-state index in [1.165, 1.54) is 64.2 Å². The van der Waals surface area contributed by atoms with Gasteiger partial charge in [-0.3, -0.25) is 10.2 Å². The van der Waals surface area contributed by atoms with E-state index < -0.39 is 6.09 Å². The molecular formula is C25H42N2O3. The van der Waals surface area contributed by atoms with Gasteiger partial charge in [0.05, 0.1) is 6.61 Å². The number of benzene rings is 1. The topological polar surface area (TPSA) is 50.8 Å². The molecule has 0 aliphatic carbocycles. The van der Waals surface area contributed by atoms with Crippen LogP contribution in [0.4, 0.5) is 10.5 Å². The summed E-state index contributed by atoms with van der Waals surface area (Å²) >= 11 is 0. The summed E-state index contributed by atoms with van der Waals surface area (Å²) in [5.41, 5.74) is 0.726. The molecule has 1 aromatic carbocycles. The molecule has 0 spiro atoms. The van der Waals surface area contributed by atoms with E-state index in [0.29, 0.717) is 0 Å². The molecular weight excluding hydrogens is 376 g/mol. The Balaban J connectivity index is 1.55. The van der Waals surface area contributed by atoms with Crippen molar-refractivity contribution < 1.29 is 14.3 Å². The van der Waals surface area contributed by atoms with Crippen LogP contribution in [0.1, 0.15) is 84.5 Å². The van der Waals surface area contributed by atoms with E-state index in [4.69, 9.17) is 9.47 Å². The van der Waals surface area contributed by atoms with Crippen molar-refractivity contribution in [3.8, 4) is 5.75 Å². The first-order valence-electron chi connectivity index (χ1n) is 12.1. The maximum Gasteiger partial charge on any atom is 0.411 e. The molecule has 5 heteroatoms. The van der Waals surface area contributed by atoms with E-state index in [-0.39, 0.29) is 6.10 Å². The number of amides is 1. The van der Waals surface area contributed by atoms with E-state index in [0.717, 1.165) is 44.1 Å². The summed E-state index contributed by atoms with van der Waals surface area (Å²) in [7, 11) is 0. The fraction of sp³-hybridized carbons (Fsp3) is 0.720. The van der Waals surface area contributed by atoms with Gasteiger partial charge in [-0.25, -0.2) is 4.79 Å². The molecule has 0 bridgehead atoms. The number of carbonyl (C=O) groups is 1. The zero-order valence-electron chi connectivity index (χ0n) is 19.2. The zero-order chi connectivity index (χ0) is 21.4. The van der Waals surface area contributed by atoms with Gasteiger partial charge in [-0.05, 0) is 63.5 Å². The molecule has 2 rings (SSSR count). The number of ether oxygens (including phenoxy) is 2. The number of unbranched alkanes of at least 4 members (excludes halogenated alkanes) is 7. The SMILES string of the molecule is CCCCCCCCCCOc1ccc(NC(=O)O[C@@H](C)CN2CCCCC2)cc1. The van der Waals surface area contributed by atoms with Crippen LogP contribution >= 0.6 is 0 Å². The maximum absolute atomic E-state index is 12.1. The van der Waals surface area contributed by atoms with E-state index >= 15 is 0 Å². The number of piperidine rings is 1. The summed E-state index contributed by atoms with van der Waals surface area (Å²) in [5.74, 6) is 0.843. The minimum absolute atomic E-state index is 0.114. The van der Waals surface area contributed by atoms with Gasteiger partial charge >= 0.3 is 6.09 Å². The van der Waals surface area contributed by atoms with Crippen LogP contribution in [0.15, 0.2) is 24.3 Å². The Hall–Kier alpha value is -1.75. The van der Waals surface area contributed by atoms with Crippen LogP contribution in [0, 0.1) is 0 Å². The van der Waals surface area contributed by atoms with Crippen molar-refractivity contribution in [3.05, 3.63) is 24.3 Å². The maximum atomic E-state index is 12.1. The van der Waals surface area contributed by atoms with Crippen LogP contribution in [-0.2, 0) is 4.74 Å². The Kier molecular flexibility index (Phi) is 12.4. The quantitative estimate of drug-likeness (QED) is 0.345. The van der Waals surface area contributed by atoms with Gasteiger partial charge in [0.25, 0.3) is 0 Å². The lowest BCUT2D eigenvalue weighted by Gasteiger charge is -2.28. The van der Waals surface area contributed by atoms with Crippen molar-refractivity contribution in [1.29, 1.82) is 0 Å². The molecule has 0 unspecified atom stereocenters. The molecule has 0 radical (unpaired) electrons. The predicted molar refractivity (Wildman–Crippen MR) is 124 cm³/mol. The molecule has 30 heavy (non-hydrogen) atoms. The normalized spacial score (nSPS) is 15.5. The van der Waals surface area contributed by atoms with E-state index in [9.17, 15) is 4.79 Å². The lowest BCUT2D eigenvalue weighted by Crippen LogP contribution is -2.37. The fourth-order valence-corrected chi connectivity index (χ4v) is 3.93. The van der Waals surface area contributed by atoms with Crippen molar-refractivity contribution in [2.24, 2.45) is 0 Å². The minimum atomic E-state index is -0.396. The molecule has 1 fully saturated rings. The fourth-order valence-electron chi connectivity index (χ4n) is 3.93. The van der Waals surface area contributed by atoms with Gasteiger partial charge in [-0.15, -0.1) is 0 Å². The number of hydrogen-bond acceptors (Lipinski definition) is 4. The molecule has 1 aliphatic rings. The molecule has 1 atom stereocenters. The van der Waals surface area contributed by atoms with Crippen LogP contribution in [0.25, 0.3) is 0 Å². The highest BCUT2D eigenvalue weighted by molar-refractivity contribution is 5.84. The van der Waals surface area contributed by atoms with E-state index in [1.807, 2.05) is 31.2 Å². The number of hydrogen-bond donors (Lipinski definition) is 1. The van der Waals surface area contributed by atoms with Crippen LogP contribution < -0.4 is 10.1 Å². The number of rotatable bonds is 14. The first-order chi connectivity index (χ1) is 14.7. The summed E-state index contributed by atoms with van der Waals surface area (Å²) < 4.78 is 11.3. The molecule has 1 amide bonds. The Bertz CT molecular complexity index is 570. The molecule has 0 aromatic heterocycles. The number of anilines is 1. The van der Waals surface area contributed by atoms with Crippen LogP contribution in [0.2, 0.25) is 0 Å². The highest BCUT2D eigenvalue weighted by Gasteiger charge is 2.16. The lowest BCUT2D eigenvalue weighted by atomic mass is 10.1. The molecule has 1 heterocycles. The third-order valence-electron chi connectivity index (χ3n) is 5.64. The standard InChI is InChI=1S/C25H42N2O3/c1-3-4-5-6-7-8-9-13-20-29-24-16-14-23(15-17-24)26-25(28)30-22(2)21-27-18-11-10-12-19-27/h14-17,22H,3-13,18-21H2,1-2H3,(H,26,28)/t22-/m0/s1. The summed E-state index contributed by atoms with van der Waals surface area (Å²) in [6, 6.07) is 7.52.